The van der Waals surface area contributed by atoms with Crippen LogP contribution in [0.5, 0.6) is 0 Å². The van der Waals surface area contributed by atoms with Gasteiger partial charge in [-0.2, -0.15) is 0 Å². The molecule has 0 unspecified atom stereocenters. The molecule has 0 saturated carbocycles. The molecule has 1 aromatic heterocycles. The standard InChI is InChI=1S/C10H11ClF2N2O2/c1-2-17-10(16)6-3-5(4-14)7(9(12)13)15-8(6)11/h3,9H,2,4,14H2,1H3. The highest BCUT2D eigenvalue weighted by molar-refractivity contribution is 6.32. The molecule has 0 bridgehead atoms. The van der Waals surface area contributed by atoms with Gasteiger partial charge in [0, 0.05) is 6.54 Å². The Labute approximate surface area is 102 Å². The van der Waals surface area contributed by atoms with Gasteiger partial charge in [-0.3, -0.25) is 0 Å². The van der Waals surface area contributed by atoms with Gasteiger partial charge >= 0.3 is 5.97 Å². The summed E-state index contributed by atoms with van der Waals surface area (Å²) in [6, 6.07) is 1.19. The van der Waals surface area contributed by atoms with Crippen LogP contribution in [0.1, 0.15) is 35.0 Å². The second-order valence-electron chi connectivity index (χ2n) is 3.10. The first-order valence-electron chi connectivity index (χ1n) is 4.85. The Bertz CT molecular complexity index is 427. The van der Waals surface area contributed by atoms with Crippen LogP contribution in [0, 0.1) is 0 Å². The number of nitrogens with two attached hydrogens (primary N) is 1. The lowest BCUT2D eigenvalue weighted by molar-refractivity contribution is 0.0525. The number of aromatic nitrogens is 1. The van der Waals surface area contributed by atoms with Crippen LogP contribution in [0.2, 0.25) is 5.15 Å². The van der Waals surface area contributed by atoms with E-state index in [2.05, 4.69) is 4.98 Å². The van der Waals surface area contributed by atoms with Crippen molar-refractivity contribution in [1.29, 1.82) is 0 Å². The minimum atomic E-state index is -2.79. The molecule has 0 saturated heterocycles. The van der Waals surface area contributed by atoms with Crippen LogP contribution in [0.25, 0.3) is 0 Å². The van der Waals surface area contributed by atoms with E-state index < -0.39 is 18.1 Å². The summed E-state index contributed by atoms with van der Waals surface area (Å²) >= 11 is 5.65. The zero-order valence-corrected chi connectivity index (χ0v) is 9.80. The molecule has 1 rings (SSSR count). The lowest BCUT2D eigenvalue weighted by Crippen LogP contribution is -2.11. The highest BCUT2D eigenvalue weighted by Crippen LogP contribution is 2.25. The van der Waals surface area contributed by atoms with E-state index in [0.29, 0.717) is 0 Å². The van der Waals surface area contributed by atoms with Crippen LogP contribution in [-0.2, 0) is 11.3 Å². The van der Waals surface area contributed by atoms with E-state index in [1.54, 1.807) is 6.92 Å². The van der Waals surface area contributed by atoms with Gasteiger partial charge in [-0.15, -0.1) is 0 Å². The monoisotopic (exact) mass is 264 g/mol. The molecule has 0 aliphatic rings. The highest BCUT2D eigenvalue weighted by atomic mass is 35.5. The van der Waals surface area contributed by atoms with Crippen molar-refractivity contribution in [2.24, 2.45) is 5.73 Å². The summed E-state index contributed by atoms with van der Waals surface area (Å²) in [4.78, 5) is 14.9. The predicted octanol–water partition coefficient (Wildman–Crippen LogP) is 2.31. The number of halogens is 3. The van der Waals surface area contributed by atoms with Crippen LogP contribution in [-0.4, -0.2) is 17.6 Å². The largest absolute Gasteiger partial charge is 0.462 e. The van der Waals surface area contributed by atoms with E-state index in [9.17, 15) is 13.6 Å². The normalized spacial score (nSPS) is 10.7. The maximum Gasteiger partial charge on any atom is 0.341 e. The maximum absolute atomic E-state index is 12.6. The van der Waals surface area contributed by atoms with Gasteiger partial charge in [-0.25, -0.2) is 18.6 Å². The van der Waals surface area contributed by atoms with Crippen molar-refractivity contribution >= 4 is 17.6 Å². The summed E-state index contributed by atoms with van der Waals surface area (Å²) in [5.41, 5.74) is 4.82. The summed E-state index contributed by atoms with van der Waals surface area (Å²) in [6.07, 6.45) is -2.79. The molecular formula is C10H11ClF2N2O2. The smallest absolute Gasteiger partial charge is 0.341 e. The SMILES string of the molecule is CCOC(=O)c1cc(CN)c(C(F)F)nc1Cl. The zero-order chi connectivity index (χ0) is 13.0. The summed E-state index contributed by atoms with van der Waals surface area (Å²) in [5.74, 6) is -0.708. The van der Waals surface area contributed by atoms with Crippen molar-refractivity contribution in [1.82, 2.24) is 4.98 Å². The number of rotatable bonds is 4. The van der Waals surface area contributed by atoms with Crippen molar-refractivity contribution in [3.8, 4) is 0 Å². The molecule has 0 radical (unpaired) electrons. The van der Waals surface area contributed by atoms with Crippen molar-refractivity contribution in [3.05, 3.63) is 28.0 Å². The summed E-state index contributed by atoms with van der Waals surface area (Å²) in [7, 11) is 0. The Kier molecular flexibility index (Phi) is 4.77. The molecule has 0 aliphatic carbocycles. The van der Waals surface area contributed by atoms with Crippen LogP contribution in [0.3, 0.4) is 0 Å². The molecule has 0 fully saturated rings. The van der Waals surface area contributed by atoms with Gasteiger partial charge in [0.2, 0.25) is 0 Å². The zero-order valence-electron chi connectivity index (χ0n) is 9.04. The van der Waals surface area contributed by atoms with Crippen LogP contribution in [0.4, 0.5) is 8.78 Å². The second-order valence-corrected chi connectivity index (χ2v) is 3.45. The molecule has 4 nitrogen and oxygen atoms in total. The number of alkyl halides is 2. The molecule has 0 spiro atoms. The van der Waals surface area contributed by atoms with Gasteiger partial charge < -0.3 is 10.5 Å². The number of hydrogen-bond donors (Lipinski definition) is 1. The van der Waals surface area contributed by atoms with E-state index >= 15 is 0 Å². The van der Waals surface area contributed by atoms with Gasteiger partial charge in [0.25, 0.3) is 6.43 Å². The minimum Gasteiger partial charge on any atom is -0.462 e. The summed E-state index contributed by atoms with van der Waals surface area (Å²) in [6.45, 7) is 1.62. The Hall–Kier alpha value is -1.27. The third kappa shape index (κ3) is 3.10. The molecular weight excluding hydrogens is 254 g/mol. The van der Waals surface area contributed by atoms with Gasteiger partial charge in [0.15, 0.2) is 0 Å². The van der Waals surface area contributed by atoms with Crippen molar-refractivity contribution < 1.29 is 18.3 Å². The first kappa shape index (κ1) is 13.8. The fraction of sp³-hybridized carbons (Fsp3) is 0.400. The third-order valence-corrected chi connectivity index (χ3v) is 2.30. The van der Waals surface area contributed by atoms with E-state index in [1.165, 1.54) is 6.07 Å². The van der Waals surface area contributed by atoms with Crippen LogP contribution < -0.4 is 5.73 Å². The molecule has 0 atom stereocenters. The number of hydrogen-bond acceptors (Lipinski definition) is 4. The molecule has 94 valence electrons. The molecule has 0 aromatic carbocycles. The van der Waals surface area contributed by atoms with Crippen molar-refractivity contribution in [3.63, 3.8) is 0 Å². The molecule has 0 aliphatic heterocycles. The average molecular weight is 265 g/mol. The van der Waals surface area contributed by atoms with E-state index in [0.717, 1.165) is 0 Å². The lowest BCUT2D eigenvalue weighted by atomic mass is 10.1. The van der Waals surface area contributed by atoms with Crippen molar-refractivity contribution in [2.45, 2.75) is 19.9 Å². The average Bonchev–Trinajstić information content (AvgIpc) is 2.28. The number of carbonyl (C=O) groups is 1. The Balaban J connectivity index is 3.22. The number of carbonyl (C=O) groups excluding carboxylic acids is 1. The number of ether oxygens (including phenoxy) is 1. The molecule has 2 N–H and O–H groups in total. The lowest BCUT2D eigenvalue weighted by Gasteiger charge is -2.10. The maximum atomic E-state index is 12.6. The predicted molar refractivity (Wildman–Crippen MR) is 58.1 cm³/mol. The van der Waals surface area contributed by atoms with E-state index in [1.807, 2.05) is 0 Å². The molecule has 1 heterocycles. The number of pyridine rings is 1. The Morgan fingerprint density at radius 2 is 2.29 bits per heavy atom. The van der Waals surface area contributed by atoms with Crippen molar-refractivity contribution in [2.75, 3.05) is 6.61 Å². The number of nitrogens with zero attached hydrogens (tertiary/aromatic N) is 1. The third-order valence-electron chi connectivity index (χ3n) is 2.01. The Morgan fingerprint density at radius 1 is 1.65 bits per heavy atom. The summed E-state index contributed by atoms with van der Waals surface area (Å²) < 4.78 is 29.9. The molecule has 1 aromatic rings. The number of esters is 1. The quantitative estimate of drug-likeness (QED) is 0.669. The van der Waals surface area contributed by atoms with E-state index in [-0.39, 0.29) is 29.4 Å². The topological polar surface area (TPSA) is 65.2 Å². The van der Waals surface area contributed by atoms with Gasteiger partial charge in [0.05, 0.1) is 12.2 Å². The fourth-order valence-electron chi connectivity index (χ4n) is 1.25. The highest BCUT2D eigenvalue weighted by Gasteiger charge is 2.21. The molecule has 17 heavy (non-hydrogen) atoms. The van der Waals surface area contributed by atoms with E-state index in [4.69, 9.17) is 22.1 Å². The Morgan fingerprint density at radius 3 is 2.76 bits per heavy atom. The van der Waals surface area contributed by atoms with Gasteiger partial charge in [-0.05, 0) is 18.6 Å². The first-order valence-corrected chi connectivity index (χ1v) is 5.23. The van der Waals surface area contributed by atoms with Gasteiger partial charge in [0.1, 0.15) is 10.8 Å². The fourth-order valence-corrected chi connectivity index (χ4v) is 1.47. The van der Waals surface area contributed by atoms with Crippen LogP contribution in [0.15, 0.2) is 6.07 Å². The van der Waals surface area contributed by atoms with Gasteiger partial charge in [-0.1, -0.05) is 11.6 Å². The summed E-state index contributed by atoms with van der Waals surface area (Å²) in [5, 5.41) is -0.309. The molecule has 0 amide bonds. The molecule has 7 heteroatoms. The minimum absolute atomic E-state index is 0.0571. The van der Waals surface area contributed by atoms with Crippen LogP contribution >= 0.6 is 11.6 Å². The second kappa shape index (κ2) is 5.88. The first-order chi connectivity index (χ1) is 8.01.